The molecule has 4 saturated carbocycles. The molecular formula is C21H27NO2. The molecule has 4 aliphatic carbocycles. The predicted molar refractivity (Wildman–Crippen MR) is 95.5 cm³/mol. The minimum absolute atomic E-state index is 0.370. The van der Waals surface area contributed by atoms with Gasteiger partial charge in [-0.2, -0.15) is 0 Å². The highest BCUT2D eigenvalue weighted by Gasteiger charge is 2.50. The zero-order valence-electron chi connectivity index (χ0n) is 14.4. The van der Waals surface area contributed by atoms with Crippen LogP contribution in [0.3, 0.4) is 0 Å². The maximum absolute atomic E-state index is 10.9. The van der Waals surface area contributed by atoms with Crippen LogP contribution in [0.4, 0.5) is 0 Å². The van der Waals surface area contributed by atoms with Crippen LogP contribution in [0.25, 0.3) is 6.08 Å². The van der Waals surface area contributed by atoms with Gasteiger partial charge >= 0.3 is 5.97 Å². The Morgan fingerprint density at radius 2 is 1.67 bits per heavy atom. The molecule has 128 valence electrons. The number of hydrogen-bond donors (Lipinski definition) is 2. The number of carboxylic acid groups (broad SMARTS) is 1. The molecule has 0 atom stereocenters. The molecule has 5 rings (SSSR count). The van der Waals surface area contributed by atoms with Gasteiger partial charge in [-0.3, -0.25) is 0 Å². The molecule has 0 heterocycles. The minimum Gasteiger partial charge on any atom is -0.478 e. The summed E-state index contributed by atoms with van der Waals surface area (Å²) in [5.74, 6) is 2.04. The van der Waals surface area contributed by atoms with Gasteiger partial charge in [0.05, 0.1) is 0 Å². The molecule has 3 nitrogen and oxygen atoms in total. The van der Waals surface area contributed by atoms with Crippen molar-refractivity contribution in [3.8, 4) is 0 Å². The molecule has 0 unspecified atom stereocenters. The molecule has 0 saturated heterocycles. The van der Waals surface area contributed by atoms with Crippen LogP contribution in [0.5, 0.6) is 0 Å². The first kappa shape index (κ1) is 15.9. The average Bonchev–Trinajstić information content (AvgIpc) is 2.53. The second-order valence-corrected chi connectivity index (χ2v) is 8.43. The SMILES string of the molecule is CC(=Cc1ccc(CNC23CC4CC(CC(C4)C2)C3)cc1)C(=O)O. The quantitative estimate of drug-likeness (QED) is 0.796. The van der Waals surface area contributed by atoms with Crippen molar-refractivity contribution in [3.05, 3.63) is 41.0 Å². The fraction of sp³-hybridized carbons (Fsp3) is 0.571. The van der Waals surface area contributed by atoms with E-state index in [-0.39, 0.29) is 0 Å². The summed E-state index contributed by atoms with van der Waals surface area (Å²) >= 11 is 0. The van der Waals surface area contributed by atoms with Gasteiger partial charge in [0, 0.05) is 17.7 Å². The van der Waals surface area contributed by atoms with Crippen LogP contribution in [-0.4, -0.2) is 16.6 Å². The smallest absolute Gasteiger partial charge is 0.331 e. The van der Waals surface area contributed by atoms with Crippen molar-refractivity contribution in [2.24, 2.45) is 17.8 Å². The van der Waals surface area contributed by atoms with E-state index in [9.17, 15) is 4.79 Å². The zero-order valence-corrected chi connectivity index (χ0v) is 14.4. The van der Waals surface area contributed by atoms with Crippen molar-refractivity contribution in [1.29, 1.82) is 0 Å². The van der Waals surface area contributed by atoms with Crippen LogP contribution in [-0.2, 0) is 11.3 Å². The lowest BCUT2D eigenvalue weighted by Crippen LogP contribution is -2.58. The molecule has 3 heteroatoms. The van der Waals surface area contributed by atoms with E-state index in [0.717, 1.165) is 29.9 Å². The number of rotatable bonds is 5. The van der Waals surface area contributed by atoms with Crippen molar-refractivity contribution in [3.63, 3.8) is 0 Å². The van der Waals surface area contributed by atoms with Gasteiger partial charge in [-0.1, -0.05) is 24.3 Å². The van der Waals surface area contributed by atoms with E-state index in [2.05, 4.69) is 17.4 Å². The Labute approximate surface area is 144 Å². The number of carboxylic acids is 1. The molecule has 4 fully saturated rings. The summed E-state index contributed by atoms with van der Waals surface area (Å²) < 4.78 is 0. The van der Waals surface area contributed by atoms with Crippen LogP contribution in [0, 0.1) is 17.8 Å². The fourth-order valence-electron chi connectivity index (χ4n) is 5.66. The van der Waals surface area contributed by atoms with Gasteiger partial charge in [-0.05, 0) is 80.4 Å². The van der Waals surface area contributed by atoms with Crippen LogP contribution < -0.4 is 5.32 Å². The predicted octanol–water partition coefficient (Wildman–Crippen LogP) is 4.23. The summed E-state index contributed by atoms with van der Waals surface area (Å²) in [5.41, 5.74) is 3.01. The van der Waals surface area contributed by atoms with E-state index in [4.69, 9.17) is 5.11 Å². The summed E-state index contributed by atoms with van der Waals surface area (Å²) in [7, 11) is 0. The Kier molecular flexibility index (Phi) is 4.00. The topological polar surface area (TPSA) is 49.3 Å². The first-order valence-electron chi connectivity index (χ1n) is 9.27. The van der Waals surface area contributed by atoms with Crippen LogP contribution in [0.2, 0.25) is 0 Å². The fourth-order valence-corrected chi connectivity index (χ4v) is 5.66. The number of aliphatic carboxylic acids is 1. The van der Waals surface area contributed by atoms with Crippen molar-refractivity contribution in [1.82, 2.24) is 5.32 Å². The number of benzene rings is 1. The van der Waals surface area contributed by atoms with E-state index in [1.165, 1.54) is 44.1 Å². The molecule has 0 spiro atoms. The summed E-state index contributed by atoms with van der Waals surface area (Å²) in [6, 6.07) is 8.27. The van der Waals surface area contributed by atoms with Crippen molar-refractivity contribution in [2.75, 3.05) is 0 Å². The zero-order chi connectivity index (χ0) is 16.7. The minimum atomic E-state index is -0.859. The summed E-state index contributed by atoms with van der Waals surface area (Å²) in [4.78, 5) is 10.9. The van der Waals surface area contributed by atoms with Gasteiger partial charge in [0.2, 0.25) is 0 Å². The molecular weight excluding hydrogens is 298 g/mol. The molecule has 0 aromatic heterocycles. The van der Waals surface area contributed by atoms with Gasteiger partial charge in [0.25, 0.3) is 0 Å². The highest BCUT2D eigenvalue weighted by atomic mass is 16.4. The Morgan fingerprint density at radius 3 is 2.17 bits per heavy atom. The van der Waals surface area contributed by atoms with Gasteiger partial charge in [-0.15, -0.1) is 0 Å². The molecule has 0 aliphatic heterocycles. The number of hydrogen-bond acceptors (Lipinski definition) is 2. The molecule has 0 radical (unpaired) electrons. The summed E-state index contributed by atoms with van der Waals surface area (Å²) in [6.07, 6.45) is 10.3. The Bertz CT molecular complexity index is 624. The average molecular weight is 325 g/mol. The first-order valence-corrected chi connectivity index (χ1v) is 9.27. The molecule has 1 aromatic rings. The first-order chi connectivity index (χ1) is 11.5. The lowest BCUT2D eigenvalue weighted by atomic mass is 9.53. The number of carbonyl (C=O) groups is 1. The van der Waals surface area contributed by atoms with Crippen molar-refractivity contribution >= 4 is 12.0 Å². The van der Waals surface area contributed by atoms with Crippen LogP contribution in [0.1, 0.15) is 56.6 Å². The molecule has 24 heavy (non-hydrogen) atoms. The molecule has 0 amide bonds. The third kappa shape index (κ3) is 3.14. The largest absolute Gasteiger partial charge is 0.478 e. The van der Waals surface area contributed by atoms with Gasteiger partial charge in [0.1, 0.15) is 0 Å². The van der Waals surface area contributed by atoms with E-state index in [1.54, 1.807) is 13.0 Å². The van der Waals surface area contributed by atoms with Crippen molar-refractivity contribution < 1.29 is 9.90 Å². The third-order valence-electron chi connectivity index (χ3n) is 6.41. The van der Waals surface area contributed by atoms with Gasteiger partial charge in [-0.25, -0.2) is 4.79 Å². The third-order valence-corrected chi connectivity index (χ3v) is 6.41. The highest BCUT2D eigenvalue weighted by Crippen LogP contribution is 2.55. The normalized spacial score (nSPS) is 34.5. The van der Waals surface area contributed by atoms with E-state index in [1.807, 2.05) is 12.1 Å². The van der Waals surface area contributed by atoms with Crippen LogP contribution >= 0.6 is 0 Å². The second kappa shape index (κ2) is 6.03. The maximum Gasteiger partial charge on any atom is 0.331 e. The lowest BCUT2D eigenvalue weighted by Gasteiger charge is -2.57. The van der Waals surface area contributed by atoms with E-state index >= 15 is 0 Å². The van der Waals surface area contributed by atoms with Crippen LogP contribution in [0.15, 0.2) is 29.8 Å². The molecule has 2 N–H and O–H groups in total. The Hall–Kier alpha value is -1.61. The molecule has 1 aromatic carbocycles. The van der Waals surface area contributed by atoms with Gasteiger partial charge in [0.15, 0.2) is 0 Å². The molecule has 4 bridgehead atoms. The Morgan fingerprint density at radius 1 is 1.12 bits per heavy atom. The lowest BCUT2D eigenvalue weighted by molar-refractivity contribution is -0.132. The highest BCUT2D eigenvalue weighted by molar-refractivity contribution is 5.91. The summed E-state index contributed by atoms with van der Waals surface area (Å²) in [5, 5.41) is 12.9. The standard InChI is InChI=1S/C21H27NO2/c1-14(20(23)24)6-15-2-4-16(5-3-15)13-22-21-10-17-7-18(11-21)9-19(8-17)12-21/h2-6,17-19,22H,7-13H2,1H3,(H,23,24). The summed E-state index contributed by atoms with van der Waals surface area (Å²) in [6.45, 7) is 2.55. The van der Waals surface area contributed by atoms with E-state index in [0.29, 0.717) is 11.1 Å². The van der Waals surface area contributed by atoms with E-state index < -0.39 is 5.97 Å². The Balaban J connectivity index is 1.40. The number of nitrogens with one attached hydrogen (secondary N) is 1. The second-order valence-electron chi connectivity index (χ2n) is 8.43. The van der Waals surface area contributed by atoms with Gasteiger partial charge < -0.3 is 10.4 Å². The maximum atomic E-state index is 10.9. The van der Waals surface area contributed by atoms with Crippen molar-refractivity contribution in [2.45, 2.75) is 57.5 Å². The monoisotopic (exact) mass is 325 g/mol. The molecule has 4 aliphatic rings.